The van der Waals surface area contributed by atoms with Crippen LogP contribution in [0.2, 0.25) is 0 Å². The van der Waals surface area contributed by atoms with Gasteiger partial charge in [-0.25, -0.2) is 0 Å². The van der Waals surface area contributed by atoms with Crippen molar-refractivity contribution >= 4 is 0 Å². The Hall–Kier alpha value is -1.68. The Morgan fingerprint density at radius 3 is 3.15 bits per heavy atom. The van der Waals surface area contributed by atoms with Crippen LogP contribution < -0.4 is 5.32 Å². The molecule has 0 saturated carbocycles. The first kappa shape index (κ1) is 12.1. The fraction of sp³-hybridized carbons (Fsp3) is 0.500. The van der Waals surface area contributed by atoms with Crippen LogP contribution in [0, 0.1) is 5.92 Å². The maximum absolute atomic E-state index is 4.44. The Labute approximate surface area is 119 Å². The molecular weight excluding hydrogens is 248 g/mol. The minimum Gasteiger partial charge on any atom is -0.312 e. The first-order valence-corrected chi connectivity index (χ1v) is 7.56. The summed E-state index contributed by atoms with van der Waals surface area (Å²) in [5, 5.41) is 12.3. The van der Waals surface area contributed by atoms with Gasteiger partial charge >= 0.3 is 0 Å². The number of hydrogen-bond acceptors (Lipinski definition) is 3. The monoisotopic (exact) mass is 268 g/mol. The zero-order valence-electron chi connectivity index (χ0n) is 11.9. The van der Waals surface area contributed by atoms with Crippen molar-refractivity contribution in [2.24, 2.45) is 5.92 Å². The third-order valence-corrected chi connectivity index (χ3v) is 4.55. The highest BCUT2D eigenvalue weighted by molar-refractivity contribution is 5.58. The van der Waals surface area contributed by atoms with E-state index in [9.17, 15) is 0 Å². The first-order valence-electron chi connectivity index (χ1n) is 7.56. The molecular formula is C16H20N4. The molecule has 3 heterocycles. The predicted octanol–water partition coefficient (Wildman–Crippen LogP) is 2.17. The second-order valence-corrected chi connectivity index (χ2v) is 6.10. The van der Waals surface area contributed by atoms with Crippen molar-refractivity contribution in [1.82, 2.24) is 20.1 Å². The molecule has 0 spiro atoms. The molecule has 0 aliphatic carbocycles. The second kappa shape index (κ2) is 4.70. The van der Waals surface area contributed by atoms with E-state index in [-0.39, 0.29) is 0 Å². The summed E-state index contributed by atoms with van der Waals surface area (Å²) in [6.07, 6.45) is 3.41. The minimum atomic E-state index is 0.729. The molecule has 1 unspecified atom stereocenters. The van der Waals surface area contributed by atoms with Crippen molar-refractivity contribution < 1.29 is 0 Å². The summed E-state index contributed by atoms with van der Waals surface area (Å²) in [7, 11) is 0. The van der Waals surface area contributed by atoms with Gasteiger partial charge in [0.15, 0.2) is 5.82 Å². The van der Waals surface area contributed by atoms with Gasteiger partial charge in [0.2, 0.25) is 0 Å². The zero-order valence-corrected chi connectivity index (χ0v) is 11.9. The highest BCUT2D eigenvalue weighted by atomic mass is 15.3. The van der Waals surface area contributed by atoms with Crippen LogP contribution >= 0.6 is 0 Å². The molecule has 1 aromatic carbocycles. The van der Waals surface area contributed by atoms with E-state index >= 15 is 0 Å². The lowest BCUT2D eigenvalue weighted by atomic mass is 9.97. The van der Waals surface area contributed by atoms with E-state index in [1.54, 1.807) is 0 Å². The van der Waals surface area contributed by atoms with Crippen LogP contribution in [0.4, 0.5) is 0 Å². The quantitative estimate of drug-likeness (QED) is 0.862. The van der Waals surface area contributed by atoms with E-state index in [0.29, 0.717) is 0 Å². The van der Waals surface area contributed by atoms with Gasteiger partial charge in [-0.15, -0.1) is 10.2 Å². The first-order chi connectivity index (χ1) is 9.81. The molecule has 104 valence electrons. The second-order valence-electron chi connectivity index (χ2n) is 6.10. The summed E-state index contributed by atoms with van der Waals surface area (Å²) in [5.41, 5.74) is 4.09. The van der Waals surface area contributed by atoms with Gasteiger partial charge in [0.05, 0.1) is 0 Å². The van der Waals surface area contributed by atoms with E-state index in [2.05, 4.69) is 45.2 Å². The molecule has 4 heteroatoms. The smallest absolute Gasteiger partial charge is 0.163 e. The lowest BCUT2D eigenvalue weighted by molar-refractivity contribution is 0.411. The van der Waals surface area contributed by atoms with Gasteiger partial charge in [-0.1, -0.05) is 19.1 Å². The van der Waals surface area contributed by atoms with E-state index in [1.165, 1.54) is 23.1 Å². The minimum absolute atomic E-state index is 0.729. The molecule has 4 rings (SSSR count). The molecule has 4 nitrogen and oxygen atoms in total. The van der Waals surface area contributed by atoms with E-state index in [1.807, 2.05) is 0 Å². The molecule has 0 bridgehead atoms. The molecule has 2 aromatic rings. The van der Waals surface area contributed by atoms with Crippen molar-refractivity contribution in [3.05, 3.63) is 35.2 Å². The normalized spacial score (nSPS) is 21.4. The standard InChI is InChI=1S/C16H20N4/c1-11-5-7-20-15(8-11)18-19-16(20)13-3-2-12-4-6-17-10-14(12)9-13/h2-3,9,11,17H,4-8,10H2,1H3. The van der Waals surface area contributed by atoms with Gasteiger partial charge in [0.1, 0.15) is 5.82 Å². The lowest BCUT2D eigenvalue weighted by Crippen LogP contribution is -2.23. The van der Waals surface area contributed by atoms with E-state index in [4.69, 9.17) is 0 Å². The number of nitrogens with one attached hydrogen (secondary N) is 1. The molecule has 0 fully saturated rings. The Bertz CT molecular complexity index is 644. The maximum atomic E-state index is 4.44. The number of fused-ring (bicyclic) bond motifs is 2. The summed E-state index contributed by atoms with van der Waals surface area (Å²) in [4.78, 5) is 0. The van der Waals surface area contributed by atoms with Gasteiger partial charge in [-0.3, -0.25) is 0 Å². The largest absolute Gasteiger partial charge is 0.312 e. The van der Waals surface area contributed by atoms with Gasteiger partial charge < -0.3 is 9.88 Å². The Morgan fingerprint density at radius 1 is 1.25 bits per heavy atom. The molecule has 0 saturated heterocycles. The molecule has 2 aliphatic rings. The van der Waals surface area contributed by atoms with Crippen molar-refractivity contribution in [1.29, 1.82) is 0 Å². The molecule has 1 N–H and O–H groups in total. The molecule has 1 atom stereocenters. The van der Waals surface area contributed by atoms with Crippen molar-refractivity contribution in [2.45, 2.75) is 39.3 Å². The summed E-state index contributed by atoms with van der Waals surface area (Å²) < 4.78 is 2.30. The fourth-order valence-corrected chi connectivity index (χ4v) is 3.32. The van der Waals surface area contributed by atoms with Crippen LogP contribution in [0.15, 0.2) is 18.2 Å². The summed E-state index contributed by atoms with van der Waals surface area (Å²) in [6, 6.07) is 6.76. The molecule has 1 aromatic heterocycles. The van der Waals surface area contributed by atoms with Crippen LogP contribution in [-0.2, 0) is 25.9 Å². The number of aromatic nitrogens is 3. The molecule has 0 amide bonds. The SMILES string of the molecule is CC1CCn2c(nnc2-c2ccc3c(c2)CNCC3)C1. The van der Waals surface area contributed by atoms with Crippen LogP contribution in [-0.4, -0.2) is 21.3 Å². The van der Waals surface area contributed by atoms with Gasteiger partial charge in [-0.05, 0) is 42.5 Å². The highest BCUT2D eigenvalue weighted by Gasteiger charge is 2.21. The van der Waals surface area contributed by atoms with Crippen LogP contribution in [0.3, 0.4) is 0 Å². The number of hydrogen-bond donors (Lipinski definition) is 1. The van der Waals surface area contributed by atoms with Crippen molar-refractivity contribution in [3.8, 4) is 11.4 Å². The number of benzene rings is 1. The van der Waals surface area contributed by atoms with Crippen LogP contribution in [0.1, 0.15) is 30.3 Å². The van der Waals surface area contributed by atoms with Crippen molar-refractivity contribution in [3.63, 3.8) is 0 Å². The lowest BCUT2D eigenvalue weighted by Gasteiger charge is -2.21. The van der Waals surface area contributed by atoms with Crippen LogP contribution in [0.25, 0.3) is 11.4 Å². The average molecular weight is 268 g/mol. The molecule has 20 heavy (non-hydrogen) atoms. The van der Waals surface area contributed by atoms with Gasteiger partial charge in [0, 0.05) is 25.1 Å². The predicted molar refractivity (Wildman–Crippen MR) is 78.4 cm³/mol. The van der Waals surface area contributed by atoms with Crippen molar-refractivity contribution in [2.75, 3.05) is 6.54 Å². The number of nitrogens with zero attached hydrogens (tertiary/aromatic N) is 3. The van der Waals surface area contributed by atoms with Gasteiger partial charge in [-0.2, -0.15) is 0 Å². The summed E-state index contributed by atoms with van der Waals surface area (Å²) in [6.45, 7) is 5.41. The number of rotatable bonds is 1. The third kappa shape index (κ3) is 1.95. The van der Waals surface area contributed by atoms with Crippen LogP contribution in [0.5, 0.6) is 0 Å². The van der Waals surface area contributed by atoms with Gasteiger partial charge in [0.25, 0.3) is 0 Å². The average Bonchev–Trinajstić information content (AvgIpc) is 2.89. The zero-order chi connectivity index (χ0) is 13.5. The van der Waals surface area contributed by atoms with E-state index in [0.717, 1.165) is 50.0 Å². The molecule has 0 radical (unpaired) electrons. The van der Waals surface area contributed by atoms with E-state index < -0.39 is 0 Å². The summed E-state index contributed by atoms with van der Waals surface area (Å²) in [5.74, 6) is 2.92. The Kier molecular flexibility index (Phi) is 2.84. The molecule has 2 aliphatic heterocycles. The maximum Gasteiger partial charge on any atom is 0.163 e. The highest BCUT2D eigenvalue weighted by Crippen LogP contribution is 2.27. The Balaban J connectivity index is 1.75. The Morgan fingerprint density at radius 2 is 2.20 bits per heavy atom. The fourth-order valence-electron chi connectivity index (χ4n) is 3.32. The third-order valence-electron chi connectivity index (χ3n) is 4.55. The topological polar surface area (TPSA) is 42.7 Å². The summed E-state index contributed by atoms with van der Waals surface area (Å²) >= 11 is 0.